The fraction of sp³-hybridized carbons (Fsp3) is 0.385. The molecule has 0 saturated heterocycles. The molecule has 0 amide bonds. The zero-order valence-corrected chi connectivity index (χ0v) is 24.6. The zero-order chi connectivity index (χ0) is 22.4. The van der Waals surface area contributed by atoms with Crippen LogP contribution < -0.4 is 10.4 Å². The Labute approximate surface area is 194 Å². The van der Waals surface area contributed by atoms with Crippen molar-refractivity contribution in [1.82, 2.24) is 0 Å². The van der Waals surface area contributed by atoms with Gasteiger partial charge in [-0.05, 0) is 12.1 Å². The summed E-state index contributed by atoms with van der Waals surface area (Å²) in [5.41, 5.74) is 7.46. The molecule has 160 valence electrons. The van der Waals surface area contributed by atoms with Crippen molar-refractivity contribution in [3.05, 3.63) is 64.8 Å². The van der Waals surface area contributed by atoms with Gasteiger partial charge in [-0.3, -0.25) is 0 Å². The van der Waals surface area contributed by atoms with Crippen LogP contribution in [0.3, 0.4) is 0 Å². The Morgan fingerprint density at radius 3 is 1.80 bits per heavy atom. The van der Waals surface area contributed by atoms with Gasteiger partial charge in [0.1, 0.15) is 0 Å². The second-order valence-electron chi connectivity index (χ2n) is 9.40. The summed E-state index contributed by atoms with van der Waals surface area (Å²) in [6.07, 6.45) is 2.24. The van der Waals surface area contributed by atoms with E-state index in [1.54, 1.807) is 0 Å². The van der Waals surface area contributed by atoms with E-state index < -0.39 is 29.4 Å². The number of benzene rings is 2. The second kappa shape index (κ2) is 10.5. The quantitative estimate of drug-likeness (QED) is 0.276. The second-order valence-corrected chi connectivity index (χ2v) is 28.6. The van der Waals surface area contributed by atoms with E-state index in [2.05, 4.69) is 105 Å². The predicted molar refractivity (Wildman–Crippen MR) is 146 cm³/mol. The van der Waals surface area contributed by atoms with Gasteiger partial charge in [0, 0.05) is 5.02 Å². The molecule has 4 heteroatoms. The van der Waals surface area contributed by atoms with E-state index in [1.165, 1.54) is 31.7 Å². The molecule has 2 rings (SSSR count). The molecule has 0 aromatic heterocycles. The van der Waals surface area contributed by atoms with Gasteiger partial charge in [-0.1, -0.05) is 11.6 Å². The summed E-state index contributed by atoms with van der Waals surface area (Å²) >= 11 is 4.07. The Morgan fingerprint density at radius 1 is 0.800 bits per heavy atom. The van der Waals surface area contributed by atoms with Crippen molar-refractivity contribution in [2.45, 2.75) is 62.7 Å². The number of hydrogen-bond donors (Lipinski definition) is 0. The van der Waals surface area contributed by atoms with Crippen LogP contribution >= 0.6 is 11.6 Å². The summed E-state index contributed by atoms with van der Waals surface area (Å²) in [5, 5.41) is 7.68. The van der Waals surface area contributed by atoms with Gasteiger partial charge in [0.2, 0.25) is 0 Å². The Morgan fingerprint density at radius 2 is 1.30 bits per heavy atom. The van der Waals surface area contributed by atoms with E-state index in [4.69, 9.17) is 11.6 Å². The molecule has 0 N–H and O–H groups in total. The summed E-state index contributed by atoms with van der Waals surface area (Å²) in [5.74, 6) is 0. The van der Waals surface area contributed by atoms with E-state index >= 15 is 0 Å². The Bertz CT molecular complexity index is 904. The molecule has 0 heterocycles. The van der Waals surface area contributed by atoms with Crippen molar-refractivity contribution in [2.75, 3.05) is 0 Å². The topological polar surface area (TPSA) is 0 Å². The molecule has 0 spiro atoms. The molecule has 2 aromatic carbocycles. The van der Waals surface area contributed by atoms with Crippen LogP contribution in [-0.2, 0) is 0 Å². The van der Waals surface area contributed by atoms with Crippen LogP contribution in [0.15, 0.2) is 54.2 Å². The zero-order valence-electron chi connectivity index (χ0n) is 19.8. The predicted octanol–water partition coefficient (Wildman–Crippen LogP) is 7.01. The van der Waals surface area contributed by atoms with E-state index in [-0.39, 0.29) is 0 Å². The van der Waals surface area contributed by atoms with Crippen LogP contribution in [0.2, 0.25) is 47.0 Å². The summed E-state index contributed by atoms with van der Waals surface area (Å²) in [4.78, 5) is 0. The molecule has 0 nitrogen and oxygen atoms in total. The fourth-order valence-electron chi connectivity index (χ4n) is 3.67. The van der Waals surface area contributed by atoms with Gasteiger partial charge in [-0.2, -0.15) is 0 Å². The van der Waals surface area contributed by atoms with Crippen molar-refractivity contribution in [3.8, 4) is 10.3 Å². The molecule has 0 bridgehead atoms. The molecule has 0 aliphatic heterocycles. The number of hydrogen-bond acceptors (Lipinski definition) is 0. The first-order chi connectivity index (χ1) is 14.1. The molecule has 0 atom stereocenters. The van der Waals surface area contributed by atoms with Crippen LogP contribution in [0.25, 0.3) is 6.08 Å². The number of rotatable bonds is 7. The van der Waals surface area contributed by atoms with E-state index in [0.29, 0.717) is 0 Å². The van der Waals surface area contributed by atoms with Crippen molar-refractivity contribution in [3.63, 3.8) is 0 Å². The maximum absolute atomic E-state index is 6.00. The molecular formula is C26H37ClGeSi2. The molecule has 0 fully saturated rings. The van der Waals surface area contributed by atoms with Crippen LogP contribution in [0, 0.1) is 10.3 Å². The summed E-state index contributed by atoms with van der Waals surface area (Å²) in [6.45, 7) is 16.7. The van der Waals surface area contributed by atoms with Crippen molar-refractivity contribution in [1.29, 1.82) is 0 Å². The summed E-state index contributed by atoms with van der Waals surface area (Å²) < 4.78 is 3.90. The van der Waals surface area contributed by atoms with Crippen LogP contribution in [0.1, 0.15) is 26.3 Å². The number of halogens is 1. The molecule has 30 heavy (non-hydrogen) atoms. The molecular weight excluding hydrogens is 477 g/mol. The Balaban J connectivity index is 2.23. The van der Waals surface area contributed by atoms with Gasteiger partial charge in [0.05, 0.1) is 0 Å². The van der Waals surface area contributed by atoms with Crippen LogP contribution in [0.5, 0.6) is 0 Å². The van der Waals surface area contributed by atoms with Crippen LogP contribution in [-0.4, -0.2) is 29.4 Å². The first-order valence-corrected chi connectivity index (χ1v) is 23.1. The normalized spacial score (nSPS) is 12.7. The third-order valence-electron chi connectivity index (χ3n) is 6.58. The monoisotopic (exact) mass is 514 g/mol. The van der Waals surface area contributed by atoms with Crippen molar-refractivity contribution >= 4 is 57.5 Å². The minimum absolute atomic E-state index is 0.784. The summed E-state index contributed by atoms with van der Waals surface area (Å²) in [7, 11) is -3.37. The molecule has 0 aliphatic rings. The fourth-order valence-corrected chi connectivity index (χ4v) is 15.2. The Kier molecular flexibility index (Phi) is 8.88. The van der Waals surface area contributed by atoms with Gasteiger partial charge in [-0.15, -0.1) is 0 Å². The molecule has 0 radical (unpaired) electrons. The Hall–Kier alpha value is -0.993. The standard InChI is InChI=1S/C26H37ClGeSi2/c1-8-28(9-2,10-3)20-22-30(6,7)26-17-15-25(16-18-26)29(4,5)21-19-23-11-13-24(27)14-12-23/h11-19,21H,8-10H2,1-7H3/b21-19+. The molecule has 2 aromatic rings. The molecule has 0 saturated carbocycles. The van der Waals surface area contributed by atoms with Gasteiger partial charge in [-0.25, -0.2) is 0 Å². The van der Waals surface area contributed by atoms with Crippen molar-refractivity contribution in [2.24, 2.45) is 0 Å². The van der Waals surface area contributed by atoms with E-state index in [1.807, 2.05) is 12.1 Å². The average molecular weight is 514 g/mol. The van der Waals surface area contributed by atoms with Gasteiger partial charge in [0.25, 0.3) is 0 Å². The maximum atomic E-state index is 6.00. The first kappa shape index (κ1) is 25.3. The third-order valence-corrected chi connectivity index (χ3v) is 22.6. The van der Waals surface area contributed by atoms with E-state index in [9.17, 15) is 0 Å². The van der Waals surface area contributed by atoms with Gasteiger partial charge in [0.15, 0.2) is 0 Å². The molecule has 0 unspecified atom stereocenters. The van der Waals surface area contributed by atoms with Gasteiger partial charge >= 0.3 is 167 Å². The van der Waals surface area contributed by atoms with Gasteiger partial charge < -0.3 is 0 Å². The molecule has 0 aliphatic carbocycles. The SMILES string of the molecule is C[CH2][Ge]([C]#C[Si](C)(C)c1ccc([Si](C)(C)/C=C/c2ccc(Cl)cc2)cc1)([CH2]C)[CH2]C. The van der Waals surface area contributed by atoms with Crippen molar-refractivity contribution < 1.29 is 0 Å². The average Bonchev–Trinajstić information content (AvgIpc) is 2.75. The third kappa shape index (κ3) is 6.50. The van der Waals surface area contributed by atoms with E-state index in [0.717, 1.165) is 5.02 Å². The summed E-state index contributed by atoms with van der Waals surface area (Å²) in [6, 6.07) is 17.5. The van der Waals surface area contributed by atoms with Crippen LogP contribution in [0.4, 0.5) is 0 Å². The minimum atomic E-state index is -1.93. The first-order valence-electron chi connectivity index (χ1n) is 11.2.